The number of benzene rings is 1. The zero-order valence-electron chi connectivity index (χ0n) is 10.2. The number of aryl methyl sites for hydroxylation is 2. The molecule has 0 saturated carbocycles. The Morgan fingerprint density at radius 1 is 1.06 bits per heavy atom. The van der Waals surface area contributed by atoms with Gasteiger partial charge in [-0.15, -0.1) is 0 Å². The van der Waals surface area contributed by atoms with E-state index in [1.54, 1.807) is 0 Å². The molecular weight excluding hydrogens is 200 g/mol. The molecule has 1 aromatic carbocycles. The summed E-state index contributed by atoms with van der Waals surface area (Å²) in [5.74, 6) is -0.111. The standard InChI is InChI=1S/C14H20O2/c1-3-5-12-6-8-13(9-7-12)10-11-14(15)16-4-2/h6-9H,3-5,10-11H2,1-2H3. The van der Waals surface area contributed by atoms with Crippen molar-refractivity contribution >= 4 is 5.97 Å². The zero-order chi connectivity index (χ0) is 11.8. The van der Waals surface area contributed by atoms with Gasteiger partial charge in [0.25, 0.3) is 0 Å². The lowest BCUT2D eigenvalue weighted by atomic mass is 10.0. The first kappa shape index (κ1) is 12.8. The van der Waals surface area contributed by atoms with E-state index in [2.05, 4.69) is 31.2 Å². The predicted molar refractivity (Wildman–Crippen MR) is 65.4 cm³/mol. The molecule has 0 aliphatic carbocycles. The molecule has 0 N–H and O–H groups in total. The van der Waals surface area contributed by atoms with Gasteiger partial charge in [0.1, 0.15) is 0 Å². The fraction of sp³-hybridized carbons (Fsp3) is 0.500. The maximum absolute atomic E-state index is 11.2. The number of carbonyl (C=O) groups excluding carboxylic acids is 1. The Morgan fingerprint density at radius 2 is 1.62 bits per heavy atom. The Bertz CT molecular complexity index is 314. The molecule has 0 spiro atoms. The first-order valence-corrected chi connectivity index (χ1v) is 5.99. The highest BCUT2D eigenvalue weighted by atomic mass is 16.5. The average molecular weight is 220 g/mol. The van der Waals surface area contributed by atoms with E-state index in [0.29, 0.717) is 13.0 Å². The van der Waals surface area contributed by atoms with E-state index in [-0.39, 0.29) is 5.97 Å². The van der Waals surface area contributed by atoms with E-state index in [4.69, 9.17) is 4.74 Å². The van der Waals surface area contributed by atoms with Gasteiger partial charge in [-0.05, 0) is 30.9 Å². The van der Waals surface area contributed by atoms with Gasteiger partial charge >= 0.3 is 5.97 Å². The van der Waals surface area contributed by atoms with Crippen molar-refractivity contribution in [3.05, 3.63) is 35.4 Å². The zero-order valence-corrected chi connectivity index (χ0v) is 10.2. The van der Waals surface area contributed by atoms with Crippen LogP contribution < -0.4 is 0 Å². The Labute approximate surface area is 97.6 Å². The summed E-state index contributed by atoms with van der Waals surface area (Å²) < 4.78 is 4.89. The smallest absolute Gasteiger partial charge is 0.306 e. The number of hydrogen-bond donors (Lipinski definition) is 0. The second kappa shape index (κ2) is 7.04. The minimum absolute atomic E-state index is 0.111. The van der Waals surface area contributed by atoms with Gasteiger partial charge in [-0.2, -0.15) is 0 Å². The van der Waals surface area contributed by atoms with Crippen LogP contribution in [0, 0.1) is 0 Å². The van der Waals surface area contributed by atoms with Crippen LogP contribution in [0.5, 0.6) is 0 Å². The van der Waals surface area contributed by atoms with Crippen molar-refractivity contribution in [2.24, 2.45) is 0 Å². The second-order valence-electron chi connectivity index (χ2n) is 3.87. The minimum Gasteiger partial charge on any atom is -0.466 e. The molecule has 0 heterocycles. The van der Waals surface area contributed by atoms with Gasteiger partial charge < -0.3 is 4.74 Å². The molecule has 0 aliphatic heterocycles. The molecule has 2 nitrogen and oxygen atoms in total. The lowest BCUT2D eigenvalue weighted by Gasteiger charge is -2.03. The first-order valence-electron chi connectivity index (χ1n) is 5.99. The molecule has 16 heavy (non-hydrogen) atoms. The average Bonchev–Trinajstić information content (AvgIpc) is 2.29. The van der Waals surface area contributed by atoms with Gasteiger partial charge in [0.2, 0.25) is 0 Å². The minimum atomic E-state index is -0.111. The largest absolute Gasteiger partial charge is 0.466 e. The number of esters is 1. The van der Waals surface area contributed by atoms with Crippen molar-refractivity contribution in [2.75, 3.05) is 6.61 Å². The van der Waals surface area contributed by atoms with Crippen LogP contribution in [0.3, 0.4) is 0 Å². The fourth-order valence-electron chi connectivity index (χ4n) is 1.64. The van der Waals surface area contributed by atoms with Crippen LogP contribution in [0.15, 0.2) is 24.3 Å². The molecular formula is C14H20O2. The third-order valence-corrected chi connectivity index (χ3v) is 2.48. The van der Waals surface area contributed by atoms with Crippen LogP contribution in [0.2, 0.25) is 0 Å². The van der Waals surface area contributed by atoms with Gasteiger partial charge in [0.15, 0.2) is 0 Å². The molecule has 0 aliphatic rings. The Kier molecular flexibility index (Phi) is 5.62. The van der Waals surface area contributed by atoms with Crippen molar-refractivity contribution < 1.29 is 9.53 Å². The van der Waals surface area contributed by atoms with Crippen molar-refractivity contribution in [2.45, 2.75) is 39.5 Å². The molecule has 0 unspecified atom stereocenters. The van der Waals surface area contributed by atoms with E-state index in [9.17, 15) is 4.79 Å². The molecule has 0 saturated heterocycles. The molecule has 0 radical (unpaired) electrons. The predicted octanol–water partition coefficient (Wildman–Crippen LogP) is 3.13. The lowest BCUT2D eigenvalue weighted by Crippen LogP contribution is -2.05. The van der Waals surface area contributed by atoms with Crippen molar-refractivity contribution in [3.63, 3.8) is 0 Å². The lowest BCUT2D eigenvalue weighted by molar-refractivity contribution is -0.143. The third-order valence-electron chi connectivity index (χ3n) is 2.48. The highest BCUT2D eigenvalue weighted by Gasteiger charge is 2.02. The summed E-state index contributed by atoms with van der Waals surface area (Å²) in [7, 11) is 0. The second-order valence-corrected chi connectivity index (χ2v) is 3.87. The van der Waals surface area contributed by atoms with Crippen molar-refractivity contribution in [1.82, 2.24) is 0 Å². The highest BCUT2D eigenvalue weighted by molar-refractivity contribution is 5.69. The SMILES string of the molecule is CCCc1ccc(CCC(=O)OCC)cc1. The monoisotopic (exact) mass is 220 g/mol. The first-order chi connectivity index (χ1) is 7.76. The molecule has 0 aromatic heterocycles. The Balaban J connectivity index is 2.40. The van der Waals surface area contributed by atoms with Gasteiger partial charge in [-0.25, -0.2) is 0 Å². The van der Waals surface area contributed by atoms with Crippen LogP contribution in [-0.2, 0) is 22.4 Å². The summed E-state index contributed by atoms with van der Waals surface area (Å²) in [6.45, 7) is 4.47. The maximum Gasteiger partial charge on any atom is 0.306 e. The van der Waals surface area contributed by atoms with E-state index in [1.807, 2.05) is 6.92 Å². The maximum atomic E-state index is 11.2. The summed E-state index contributed by atoms with van der Waals surface area (Å²) in [5, 5.41) is 0. The van der Waals surface area contributed by atoms with Crippen LogP contribution in [0.1, 0.15) is 37.8 Å². The number of ether oxygens (including phenoxy) is 1. The van der Waals surface area contributed by atoms with Crippen molar-refractivity contribution in [1.29, 1.82) is 0 Å². The highest BCUT2D eigenvalue weighted by Crippen LogP contribution is 2.08. The summed E-state index contributed by atoms with van der Waals surface area (Å²) in [6, 6.07) is 8.49. The van der Waals surface area contributed by atoms with Crippen molar-refractivity contribution in [3.8, 4) is 0 Å². The van der Waals surface area contributed by atoms with E-state index < -0.39 is 0 Å². The summed E-state index contributed by atoms with van der Waals surface area (Å²) in [6.07, 6.45) is 3.53. The molecule has 0 amide bonds. The molecule has 2 heteroatoms. The van der Waals surface area contributed by atoms with E-state index in [1.165, 1.54) is 17.5 Å². The van der Waals surface area contributed by atoms with Crippen LogP contribution in [-0.4, -0.2) is 12.6 Å². The summed E-state index contributed by atoms with van der Waals surface area (Å²) in [4.78, 5) is 11.2. The number of carbonyl (C=O) groups is 1. The van der Waals surface area contributed by atoms with Gasteiger partial charge in [-0.1, -0.05) is 37.6 Å². The van der Waals surface area contributed by atoms with Gasteiger partial charge in [0, 0.05) is 6.42 Å². The van der Waals surface area contributed by atoms with Crippen LogP contribution in [0.4, 0.5) is 0 Å². The number of hydrogen-bond acceptors (Lipinski definition) is 2. The third kappa shape index (κ3) is 4.47. The topological polar surface area (TPSA) is 26.3 Å². The molecule has 0 atom stereocenters. The fourth-order valence-corrected chi connectivity index (χ4v) is 1.64. The molecule has 88 valence electrons. The normalized spacial score (nSPS) is 10.1. The molecule has 0 bridgehead atoms. The molecule has 1 rings (SSSR count). The molecule has 0 fully saturated rings. The van der Waals surface area contributed by atoms with E-state index in [0.717, 1.165) is 12.8 Å². The Hall–Kier alpha value is -1.31. The van der Waals surface area contributed by atoms with Gasteiger partial charge in [-0.3, -0.25) is 4.79 Å². The Morgan fingerprint density at radius 3 is 2.12 bits per heavy atom. The van der Waals surface area contributed by atoms with E-state index >= 15 is 0 Å². The van der Waals surface area contributed by atoms with Crippen LogP contribution >= 0.6 is 0 Å². The number of rotatable bonds is 6. The van der Waals surface area contributed by atoms with Crippen LogP contribution in [0.25, 0.3) is 0 Å². The molecule has 1 aromatic rings. The van der Waals surface area contributed by atoms with Gasteiger partial charge in [0.05, 0.1) is 6.61 Å². The summed E-state index contributed by atoms with van der Waals surface area (Å²) >= 11 is 0. The quantitative estimate of drug-likeness (QED) is 0.688. The summed E-state index contributed by atoms with van der Waals surface area (Å²) in [5.41, 5.74) is 2.57.